The van der Waals surface area contributed by atoms with Crippen molar-refractivity contribution in [3.05, 3.63) is 77.3 Å². The highest BCUT2D eigenvalue weighted by Gasteiger charge is 2.05. The number of nitrogens with zero attached hydrogens (tertiary/aromatic N) is 2. The van der Waals surface area contributed by atoms with E-state index in [2.05, 4.69) is 15.5 Å². The lowest BCUT2D eigenvalue weighted by atomic mass is 10.3. The normalized spacial score (nSPS) is 10.9. The zero-order chi connectivity index (χ0) is 16.8. The summed E-state index contributed by atoms with van der Waals surface area (Å²) in [4.78, 5) is 16.7. The molecule has 0 saturated heterocycles. The molecule has 0 fully saturated rings. The molecule has 3 aromatic rings. The summed E-state index contributed by atoms with van der Waals surface area (Å²) in [5.74, 6) is 0.155. The average Bonchev–Trinajstić information content (AvgIpc) is 3.05. The van der Waals surface area contributed by atoms with E-state index in [0.717, 1.165) is 9.99 Å². The van der Waals surface area contributed by atoms with Crippen LogP contribution in [-0.2, 0) is 0 Å². The predicted molar refractivity (Wildman–Crippen MR) is 93.6 cm³/mol. The number of aromatic nitrogens is 1. The van der Waals surface area contributed by atoms with E-state index in [1.54, 1.807) is 30.5 Å². The zero-order valence-corrected chi connectivity index (χ0v) is 13.9. The molecule has 0 bridgehead atoms. The number of halogens is 1. The molecule has 120 valence electrons. The Kier molecular flexibility index (Phi) is 5.30. The van der Waals surface area contributed by atoms with Gasteiger partial charge in [-0.05, 0) is 48.5 Å². The highest BCUT2D eigenvalue weighted by Crippen LogP contribution is 2.29. The van der Waals surface area contributed by atoms with Gasteiger partial charge in [0.2, 0.25) is 0 Å². The number of pyridine rings is 1. The van der Waals surface area contributed by atoms with Crippen molar-refractivity contribution in [2.45, 2.75) is 9.99 Å². The number of furan rings is 1. The van der Waals surface area contributed by atoms with Crippen LogP contribution in [0, 0.1) is 0 Å². The van der Waals surface area contributed by atoms with Crippen LogP contribution < -0.4 is 5.43 Å². The minimum Gasteiger partial charge on any atom is -0.448 e. The Hall–Kier alpha value is -2.57. The Balaban J connectivity index is 1.57. The summed E-state index contributed by atoms with van der Waals surface area (Å²) in [5, 5.41) is 5.27. The Bertz CT molecular complexity index is 848. The highest BCUT2D eigenvalue weighted by molar-refractivity contribution is 7.99. The number of carbonyl (C=O) groups is 1. The molecule has 0 saturated carbocycles. The van der Waals surface area contributed by atoms with Crippen LogP contribution in [0.25, 0.3) is 0 Å². The minimum absolute atomic E-state index is 0.299. The maximum atomic E-state index is 11.8. The lowest BCUT2D eigenvalue weighted by Gasteiger charge is -1.98. The van der Waals surface area contributed by atoms with Gasteiger partial charge in [-0.2, -0.15) is 5.10 Å². The Morgan fingerprint density at radius 3 is 2.75 bits per heavy atom. The molecule has 0 radical (unpaired) electrons. The SMILES string of the molecule is O=C(N/N=C\c1ccc(Sc2ccc(Cl)cc2)o1)c1ccccn1. The van der Waals surface area contributed by atoms with E-state index in [1.807, 2.05) is 30.3 Å². The van der Waals surface area contributed by atoms with Crippen molar-refractivity contribution in [3.63, 3.8) is 0 Å². The van der Waals surface area contributed by atoms with Gasteiger partial charge in [-0.25, -0.2) is 5.43 Å². The van der Waals surface area contributed by atoms with Crippen molar-refractivity contribution in [1.82, 2.24) is 10.4 Å². The van der Waals surface area contributed by atoms with E-state index in [9.17, 15) is 4.79 Å². The first-order valence-corrected chi connectivity index (χ1v) is 8.18. The van der Waals surface area contributed by atoms with Crippen LogP contribution in [0.4, 0.5) is 0 Å². The monoisotopic (exact) mass is 357 g/mol. The molecule has 0 aliphatic carbocycles. The summed E-state index contributed by atoms with van der Waals surface area (Å²) in [6.07, 6.45) is 2.98. The molecule has 7 heteroatoms. The molecule has 0 aliphatic heterocycles. The van der Waals surface area contributed by atoms with Gasteiger partial charge in [0.05, 0.1) is 6.21 Å². The van der Waals surface area contributed by atoms with E-state index in [4.69, 9.17) is 16.0 Å². The first-order chi connectivity index (χ1) is 11.7. The predicted octanol–water partition coefficient (Wildman–Crippen LogP) is 4.24. The summed E-state index contributed by atoms with van der Waals surface area (Å²) >= 11 is 7.33. The molecule has 24 heavy (non-hydrogen) atoms. The van der Waals surface area contributed by atoms with Crippen molar-refractivity contribution in [3.8, 4) is 0 Å². The highest BCUT2D eigenvalue weighted by atomic mass is 35.5. The van der Waals surface area contributed by atoms with Crippen LogP contribution >= 0.6 is 23.4 Å². The zero-order valence-electron chi connectivity index (χ0n) is 12.3. The van der Waals surface area contributed by atoms with Crippen molar-refractivity contribution in [2.75, 3.05) is 0 Å². The van der Waals surface area contributed by atoms with Gasteiger partial charge < -0.3 is 4.42 Å². The maximum absolute atomic E-state index is 11.8. The lowest BCUT2D eigenvalue weighted by molar-refractivity contribution is 0.0950. The van der Waals surface area contributed by atoms with Crippen molar-refractivity contribution >= 4 is 35.5 Å². The van der Waals surface area contributed by atoms with Gasteiger partial charge in [0.15, 0.2) is 5.09 Å². The Labute approximate surface area is 147 Å². The molecule has 0 unspecified atom stereocenters. The third kappa shape index (κ3) is 4.47. The Morgan fingerprint density at radius 2 is 2.00 bits per heavy atom. The standard InChI is InChI=1S/C17H12ClN3O2S/c18-12-4-7-14(8-5-12)24-16-9-6-13(23-16)11-20-21-17(22)15-3-1-2-10-19-15/h1-11H,(H,21,22)/b20-11-. The molecule has 2 aromatic heterocycles. The quantitative estimate of drug-likeness (QED) is 0.547. The van der Waals surface area contributed by atoms with E-state index in [1.165, 1.54) is 18.0 Å². The van der Waals surface area contributed by atoms with Gasteiger partial charge in [-0.15, -0.1) is 0 Å². The smallest absolute Gasteiger partial charge is 0.289 e. The lowest BCUT2D eigenvalue weighted by Crippen LogP contribution is -2.18. The molecule has 2 heterocycles. The van der Waals surface area contributed by atoms with Crippen molar-refractivity contribution < 1.29 is 9.21 Å². The van der Waals surface area contributed by atoms with Crippen LogP contribution in [0.2, 0.25) is 5.02 Å². The number of amides is 1. The first-order valence-electron chi connectivity index (χ1n) is 6.98. The third-order valence-electron chi connectivity index (χ3n) is 2.89. The Morgan fingerprint density at radius 1 is 1.17 bits per heavy atom. The molecular formula is C17H12ClN3O2S. The second kappa shape index (κ2) is 7.81. The topological polar surface area (TPSA) is 67.5 Å². The van der Waals surface area contributed by atoms with Crippen LogP contribution in [0.15, 0.2) is 80.3 Å². The fraction of sp³-hybridized carbons (Fsp3) is 0. The molecule has 0 aliphatic rings. The van der Waals surface area contributed by atoms with Gasteiger partial charge >= 0.3 is 0 Å². The van der Waals surface area contributed by atoms with Gasteiger partial charge in [-0.3, -0.25) is 9.78 Å². The summed E-state index contributed by atoms with van der Waals surface area (Å²) in [6, 6.07) is 16.2. The summed E-state index contributed by atoms with van der Waals surface area (Å²) in [5.41, 5.74) is 2.70. The summed E-state index contributed by atoms with van der Waals surface area (Å²) in [7, 11) is 0. The molecule has 0 spiro atoms. The van der Waals surface area contributed by atoms with E-state index in [0.29, 0.717) is 16.5 Å². The van der Waals surface area contributed by atoms with Gasteiger partial charge in [-0.1, -0.05) is 29.4 Å². The number of hydrazone groups is 1. The number of carbonyl (C=O) groups excluding carboxylic acids is 1. The number of hydrogen-bond donors (Lipinski definition) is 1. The fourth-order valence-electron chi connectivity index (χ4n) is 1.79. The van der Waals surface area contributed by atoms with Crippen molar-refractivity contribution in [1.29, 1.82) is 0 Å². The van der Waals surface area contributed by atoms with Gasteiger partial charge in [0, 0.05) is 16.1 Å². The molecular weight excluding hydrogens is 346 g/mol. The maximum Gasteiger partial charge on any atom is 0.289 e. The molecule has 3 rings (SSSR count). The number of benzene rings is 1. The van der Waals surface area contributed by atoms with E-state index in [-0.39, 0.29) is 5.91 Å². The van der Waals surface area contributed by atoms with E-state index < -0.39 is 0 Å². The van der Waals surface area contributed by atoms with Gasteiger partial charge in [0.25, 0.3) is 5.91 Å². The molecule has 0 atom stereocenters. The number of rotatable bonds is 5. The van der Waals surface area contributed by atoms with Crippen LogP contribution in [0.1, 0.15) is 16.2 Å². The second-order valence-corrected chi connectivity index (χ2v) is 6.14. The van der Waals surface area contributed by atoms with Gasteiger partial charge in [0.1, 0.15) is 11.5 Å². The molecule has 1 N–H and O–H groups in total. The van der Waals surface area contributed by atoms with E-state index >= 15 is 0 Å². The largest absolute Gasteiger partial charge is 0.448 e. The summed E-state index contributed by atoms with van der Waals surface area (Å²) < 4.78 is 5.62. The number of nitrogens with one attached hydrogen (secondary N) is 1. The minimum atomic E-state index is -0.380. The average molecular weight is 358 g/mol. The summed E-state index contributed by atoms with van der Waals surface area (Å²) in [6.45, 7) is 0. The van der Waals surface area contributed by atoms with Crippen molar-refractivity contribution in [2.24, 2.45) is 5.10 Å². The van der Waals surface area contributed by atoms with Crippen LogP contribution in [0.5, 0.6) is 0 Å². The third-order valence-corrected chi connectivity index (χ3v) is 4.07. The molecule has 5 nitrogen and oxygen atoms in total. The molecule has 1 aromatic carbocycles. The fourth-order valence-corrected chi connectivity index (χ4v) is 2.69. The van der Waals surface area contributed by atoms with Crippen LogP contribution in [-0.4, -0.2) is 17.1 Å². The molecule has 1 amide bonds. The van der Waals surface area contributed by atoms with Crippen LogP contribution in [0.3, 0.4) is 0 Å². The second-order valence-electron chi connectivity index (χ2n) is 4.63. The number of hydrogen-bond acceptors (Lipinski definition) is 5. The first kappa shape index (κ1) is 16.3.